The summed E-state index contributed by atoms with van der Waals surface area (Å²) in [6, 6.07) is 11.7. The van der Waals surface area contributed by atoms with Crippen LogP contribution in [0.1, 0.15) is 18.4 Å². The molecule has 3 aromatic rings. The summed E-state index contributed by atoms with van der Waals surface area (Å²) in [5.74, 6) is 0.533. The van der Waals surface area contributed by atoms with Crippen molar-refractivity contribution in [2.45, 2.75) is 25.9 Å². The van der Waals surface area contributed by atoms with Crippen LogP contribution in [-0.2, 0) is 13.1 Å². The van der Waals surface area contributed by atoms with E-state index in [1.165, 1.54) is 5.56 Å². The summed E-state index contributed by atoms with van der Waals surface area (Å²) in [6.45, 7) is 3.85. The quantitative estimate of drug-likeness (QED) is 0.736. The van der Waals surface area contributed by atoms with Gasteiger partial charge in [0.1, 0.15) is 0 Å². The van der Waals surface area contributed by atoms with Crippen molar-refractivity contribution >= 4 is 10.9 Å². The van der Waals surface area contributed by atoms with Crippen LogP contribution in [0.2, 0.25) is 0 Å². The Hall–Kier alpha value is -2.53. The highest BCUT2D eigenvalue weighted by molar-refractivity contribution is 5.76. The van der Waals surface area contributed by atoms with Gasteiger partial charge in [-0.2, -0.15) is 0 Å². The van der Waals surface area contributed by atoms with Crippen molar-refractivity contribution in [3.63, 3.8) is 0 Å². The van der Waals surface area contributed by atoms with Crippen molar-refractivity contribution in [3.8, 4) is 0 Å². The first-order chi connectivity index (χ1) is 12.3. The predicted octanol–water partition coefficient (Wildman–Crippen LogP) is 2.70. The first kappa shape index (κ1) is 16.0. The molecule has 0 N–H and O–H groups in total. The topological polar surface area (TPSA) is 51.0 Å². The fraction of sp³-hybridized carbons (Fsp3) is 0.350. The lowest BCUT2D eigenvalue weighted by molar-refractivity contribution is 0.166. The van der Waals surface area contributed by atoms with Crippen LogP contribution in [0.3, 0.4) is 0 Å². The number of para-hydroxylation sites is 1. The third kappa shape index (κ3) is 3.61. The van der Waals surface area contributed by atoms with Crippen LogP contribution < -0.4 is 5.56 Å². The lowest BCUT2D eigenvalue weighted by Crippen LogP contribution is -2.36. The van der Waals surface area contributed by atoms with E-state index in [1.807, 2.05) is 42.7 Å². The molecule has 0 atom stereocenters. The van der Waals surface area contributed by atoms with Gasteiger partial charge in [-0.25, -0.2) is 4.98 Å². The first-order valence-electron chi connectivity index (χ1n) is 8.85. The number of hydrogen-bond donors (Lipinski definition) is 0. The van der Waals surface area contributed by atoms with Crippen molar-refractivity contribution in [2.75, 3.05) is 13.1 Å². The Morgan fingerprint density at radius 1 is 1.08 bits per heavy atom. The Balaban J connectivity index is 1.39. The molecule has 0 saturated carbocycles. The Kier molecular flexibility index (Phi) is 4.57. The third-order valence-corrected chi connectivity index (χ3v) is 5.02. The second-order valence-electron chi connectivity index (χ2n) is 6.80. The van der Waals surface area contributed by atoms with Gasteiger partial charge in [-0.15, -0.1) is 0 Å². The Labute approximate surface area is 147 Å². The van der Waals surface area contributed by atoms with Crippen molar-refractivity contribution in [1.29, 1.82) is 0 Å². The van der Waals surface area contributed by atoms with Gasteiger partial charge < -0.3 is 0 Å². The monoisotopic (exact) mass is 334 g/mol. The molecule has 4 rings (SSSR count). The van der Waals surface area contributed by atoms with Crippen LogP contribution >= 0.6 is 0 Å². The summed E-state index contributed by atoms with van der Waals surface area (Å²) in [5, 5.41) is 0.707. The van der Waals surface area contributed by atoms with Gasteiger partial charge in [0.2, 0.25) is 0 Å². The minimum Gasteiger partial charge on any atom is -0.299 e. The Morgan fingerprint density at radius 3 is 2.72 bits per heavy atom. The largest absolute Gasteiger partial charge is 0.299 e. The number of rotatable bonds is 4. The van der Waals surface area contributed by atoms with E-state index in [4.69, 9.17) is 0 Å². The summed E-state index contributed by atoms with van der Waals surface area (Å²) in [7, 11) is 0. The zero-order chi connectivity index (χ0) is 17.1. The smallest absolute Gasteiger partial charge is 0.261 e. The summed E-state index contributed by atoms with van der Waals surface area (Å²) in [6.07, 6.45) is 7.67. The number of aromatic nitrogens is 3. The van der Waals surface area contributed by atoms with E-state index >= 15 is 0 Å². The SMILES string of the molecule is O=c1c2ccccc2ncn1CC1CCN(Cc2cccnc2)CC1. The highest BCUT2D eigenvalue weighted by Gasteiger charge is 2.20. The minimum atomic E-state index is 0.0726. The molecule has 128 valence electrons. The minimum absolute atomic E-state index is 0.0726. The van der Waals surface area contributed by atoms with E-state index < -0.39 is 0 Å². The molecule has 5 nitrogen and oxygen atoms in total. The number of pyridine rings is 1. The third-order valence-electron chi connectivity index (χ3n) is 5.02. The van der Waals surface area contributed by atoms with E-state index in [0.29, 0.717) is 11.3 Å². The normalized spacial score (nSPS) is 16.3. The van der Waals surface area contributed by atoms with Gasteiger partial charge in [-0.1, -0.05) is 18.2 Å². The van der Waals surface area contributed by atoms with Gasteiger partial charge in [-0.05, 0) is 55.6 Å². The second kappa shape index (κ2) is 7.15. The van der Waals surface area contributed by atoms with Gasteiger partial charge in [0, 0.05) is 25.5 Å². The molecule has 0 amide bonds. The van der Waals surface area contributed by atoms with Crippen LogP contribution in [0.5, 0.6) is 0 Å². The summed E-state index contributed by atoms with van der Waals surface area (Å²) in [4.78, 5) is 23.7. The molecule has 2 aromatic heterocycles. The molecule has 1 fully saturated rings. The molecule has 1 aromatic carbocycles. The van der Waals surface area contributed by atoms with Crippen LogP contribution in [-0.4, -0.2) is 32.5 Å². The number of fused-ring (bicyclic) bond motifs is 1. The van der Waals surface area contributed by atoms with Crippen molar-refractivity contribution in [2.24, 2.45) is 5.92 Å². The average Bonchev–Trinajstić information content (AvgIpc) is 2.67. The lowest BCUT2D eigenvalue weighted by atomic mass is 9.96. The number of nitrogens with zero attached hydrogens (tertiary/aromatic N) is 4. The molecule has 1 saturated heterocycles. The highest BCUT2D eigenvalue weighted by atomic mass is 16.1. The van der Waals surface area contributed by atoms with Gasteiger partial charge in [-0.3, -0.25) is 19.2 Å². The molecule has 0 bridgehead atoms. The molecule has 1 aliphatic heterocycles. The molecule has 3 heterocycles. The number of likely N-dealkylation sites (tertiary alicyclic amines) is 1. The van der Waals surface area contributed by atoms with Gasteiger partial charge in [0.15, 0.2) is 0 Å². The van der Waals surface area contributed by atoms with E-state index in [1.54, 1.807) is 10.9 Å². The summed E-state index contributed by atoms with van der Waals surface area (Å²) in [5.41, 5.74) is 2.11. The molecule has 0 unspecified atom stereocenters. The molecule has 5 heteroatoms. The molecule has 1 aliphatic rings. The van der Waals surface area contributed by atoms with E-state index in [9.17, 15) is 4.79 Å². The maximum absolute atomic E-state index is 12.6. The number of benzene rings is 1. The van der Waals surface area contributed by atoms with E-state index in [-0.39, 0.29) is 5.56 Å². The van der Waals surface area contributed by atoms with Crippen molar-refractivity contribution in [1.82, 2.24) is 19.4 Å². The lowest BCUT2D eigenvalue weighted by Gasteiger charge is -2.32. The standard InChI is InChI=1S/C20H22N4O/c25-20-18-5-1-2-6-19(18)22-15-24(20)14-16-7-10-23(11-8-16)13-17-4-3-9-21-12-17/h1-6,9,12,15-16H,7-8,10-11,13-14H2. The van der Waals surface area contributed by atoms with Crippen molar-refractivity contribution in [3.05, 3.63) is 71.0 Å². The van der Waals surface area contributed by atoms with E-state index in [0.717, 1.165) is 44.5 Å². The van der Waals surface area contributed by atoms with Gasteiger partial charge >= 0.3 is 0 Å². The zero-order valence-electron chi connectivity index (χ0n) is 14.2. The Morgan fingerprint density at radius 2 is 1.92 bits per heavy atom. The molecule has 0 aliphatic carbocycles. The molecular weight excluding hydrogens is 312 g/mol. The Bertz CT molecular complexity index is 898. The number of piperidine rings is 1. The highest BCUT2D eigenvalue weighted by Crippen LogP contribution is 2.20. The fourth-order valence-corrected chi connectivity index (χ4v) is 3.59. The molecular formula is C20H22N4O. The zero-order valence-corrected chi connectivity index (χ0v) is 14.2. The summed E-state index contributed by atoms with van der Waals surface area (Å²) < 4.78 is 1.78. The van der Waals surface area contributed by atoms with Crippen LogP contribution in [0, 0.1) is 5.92 Å². The number of hydrogen-bond acceptors (Lipinski definition) is 4. The first-order valence-corrected chi connectivity index (χ1v) is 8.85. The molecule has 0 radical (unpaired) electrons. The maximum Gasteiger partial charge on any atom is 0.261 e. The molecule has 0 spiro atoms. The van der Waals surface area contributed by atoms with Gasteiger partial charge in [0.05, 0.1) is 17.2 Å². The maximum atomic E-state index is 12.6. The molecule has 25 heavy (non-hydrogen) atoms. The van der Waals surface area contributed by atoms with E-state index in [2.05, 4.69) is 20.9 Å². The van der Waals surface area contributed by atoms with Crippen LogP contribution in [0.4, 0.5) is 0 Å². The van der Waals surface area contributed by atoms with Gasteiger partial charge in [0.25, 0.3) is 5.56 Å². The second-order valence-corrected chi connectivity index (χ2v) is 6.80. The average molecular weight is 334 g/mol. The van der Waals surface area contributed by atoms with Crippen LogP contribution in [0.25, 0.3) is 10.9 Å². The predicted molar refractivity (Wildman–Crippen MR) is 98.2 cm³/mol. The summed E-state index contributed by atoms with van der Waals surface area (Å²) >= 11 is 0. The van der Waals surface area contributed by atoms with Crippen LogP contribution in [0.15, 0.2) is 59.9 Å². The fourth-order valence-electron chi connectivity index (χ4n) is 3.59. The van der Waals surface area contributed by atoms with Crippen molar-refractivity contribution < 1.29 is 0 Å².